The minimum Gasteiger partial charge on any atom is -0.481 e. The summed E-state index contributed by atoms with van der Waals surface area (Å²) in [6.07, 6.45) is 2.60. The average Bonchev–Trinajstić information content (AvgIpc) is 2.63. The molecule has 2 aromatic carbocycles. The Labute approximate surface area is 152 Å². The van der Waals surface area contributed by atoms with Crippen LogP contribution in [0.25, 0.3) is 0 Å². The molecular weight excluding hydrogens is 333 g/mol. The highest BCUT2D eigenvalue weighted by molar-refractivity contribution is 5.89. The van der Waals surface area contributed by atoms with E-state index in [1.807, 2.05) is 31.2 Å². The second kappa shape index (κ2) is 7.28. The van der Waals surface area contributed by atoms with E-state index in [1.54, 1.807) is 0 Å². The van der Waals surface area contributed by atoms with Crippen LogP contribution in [0, 0.1) is 5.82 Å². The number of halogens is 1. The number of aliphatic carboxylic acids is 1. The summed E-state index contributed by atoms with van der Waals surface area (Å²) in [6, 6.07) is 13.3. The van der Waals surface area contributed by atoms with Gasteiger partial charge in [-0.15, -0.1) is 0 Å². The van der Waals surface area contributed by atoms with Gasteiger partial charge in [-0.1, -0.05) is 36.4 Å². The standard InChI is InChI=1S/C21H22FNO3/c1-21(12-4-6-15-5-2-3-7-18(15)21)20(26)23-13-17(19(24)25)14-8-10-16(22)11-9-14/h2-3,5,7-11,17H,4,6,12-13H2,1H3,(H,23,26)(H,24,25). The van der Waals surface area contributed by atoms with E-state index in [-0.39, 0.29) is 12.5 Å². The van der Waals surface area contributed by atoms with Gasteiger partial charge < -0.3 is 10.4 Å². The summed E-state index contributed by atoms with van der Waals surface area (Å²) in [7, 11) is 0. The van der Waals surface area contributed by atoms with Gasteiger partial charge >= 0.3 is 5.97 Å². The molecule has 4 nitrogen and oxygen atoms in total. The molecule has 2 atom stereocenters. The third-order valence-electron chi connectivity index (χ3n) is 5.27. The molecule has 0 aromatic heterocycles. The number of carbonyl (C=O) groups is 2. The maximum absolute atomic E-state index is 13.1. The van der Waals surface area contributed by atoms with Crippen molar-refractivity contribution in [1.82, 2.24) is 5.32 Å². The molecule has 3 rings (SSSR count). The maximum atomic E-state index is 13.1. The minimum atomic E-state index is -1.05. The van der Waals surface area contributed by atoms with Crippen LogP contribution >= 0.6 is 0 Å². The molecule has 136 valence electrons. The van der Waals surface area contributed by atoms with Crippen LogP contribution in [0.3, 0.4) is 0 Å². The van der Waals surface area contributed by atoms with Gasteiger partial charge in [0.05, 0.1) is 11.3 Å². The summed E-state index contributed by atoms with van der Waals surface area (Å²) in [5.74, 6) is -2.56. The zero-order valence-corrected chi connectivity index (χ0v) is 14.7. The van der Waals surface area contributed by atoms with Gasteiger partial charge in [0.2, 0.25) is 5.91 Å². The van der Waals surface area contributed by atoms with Crippen molar-refractivity contribution in [3.63, 3.8) is 0 Å². The van der Waals surface area contributed by atoms with Crippen LogP contribution in [0.2, 0.25) is 0 Å². The van der Waals surface area contributed by atoms with E-state index in [0.29, 0.717) is 5.56 Å². The number of benzene rings is 2. The first-order valence-electron chi connectivity index (χ1n) is 8.77. The topological polar surface area (TPSA) is 66.4 Å². The van der Waals surface area contributed by atoms with E-state index in [2.05, 4.69) is 5.32 Å². The average molecular weight is 355 g/mol. The van der Waals surface area contributed by atoms with Crippen molar-refractivity contribution >= 4 is 11.9 Å². The Morgan fingerprint density at radius 2 is 1.88 bits per heavy atom. The molecule has 2 unspecified atom stereocenters. The molecule has 0 radical (unpaired) electrons. The number of carbonyl (C=O) groups excluding carboxylic acids is 1. The Hall–Kier alpha value is -2.69. The number of hydrogen-bond donors (Lipinski definition) is 2. The zero-order valence-electron chi connectivity index (χ0n) is 14.7. The first kappa shape index (κ1) is 18.1. The van der Waals surface area contributed by atoms with Crippen molar-refractivity contribution in [2.75, 3.05) is 6.54 Å². The van der Waals surface area contributed by atoms with Crippen LogP contribution in [0.15, 0.2) is 48.5 Å². The van der Waals surface area contributed by atoms with Crippen LogP contribution in [-0.2, 0) is 21.4 Å². The molecule has 1 aliphatic rings. The highest BCUT2D eigenvalue weighted by Crippen LogP contribution is 2.37. The third kappa shape index (κ3) is 3.47. The number of carboxylic acids is 1. The van der Waals surface area contributed by atoms with Gasteiger partial charge in [-0.25, -0.2) is 4.39 Å². The van der Waals surface area contributed by atoms with E-state index < -0.39 is 23.1 Å². The second-order valence-electron chi connectivity index (χ2n) is 7.00. The third-order valence-corrected chi connectivity index (χ3v) is 5.27. The molecule has 2 N–H and O–H groups in total. The fourth-order valence-electron chi connectivity index (χ4n) is 3.71. The number of rotatable bonds is 5. The van der Waals surface area contributed by atoms with Crippen LogP contribution < -0.4 is 5.32 Å². The Kier molecular flexibility index (Phi) is 5.07. The Morgan fingerprint density at radius 1 is 1.19 bits per heavy atom. The number of nitrogens with one attached hydrogen (secondary N) is 1. The van der Waals surface area contributed by atoms with Crippen LogP contribution in [0.1, 0.15) is 42.4 Å². The van der Waals surface area contributed by atoms with E-state index in [9.17, 15) is 19.1 Å². The smallest absolute Gasteiger partial charge is 0.312 e. The van der Waals surface area contributed by atoms with Gasteiger partial charge in [-0.05, 0) is 55.0 Å². The SMILES string of the molecule is CC1(C(=O)NCC(C(=O)O)c2ccc(F)cc2)CCCc2ccccc21. The number of fused-ring (bicyclic) bond motifs is 1. The van der Waals surface area contributed by atoms with Crippen LogP contribution in [0.5, 0.6) is 0 Å². The summed E-state index contributed by atoms with van der Waals surface area (Å²) in [4.78, 5) is 24.5. The largest absolute Gasteiger partial charge is 0.481 e. The summed E-state index contributed by atoms with van der Waals surface area (Å²) < 4.78 is 13.1. The Morgan fingerprint density at radius 3 is 2.58 bits per heavy atom. The summed E-state index contributed by atoms with van der Waals surface area (Å²) in [5.41, 5.74) is 1.98. The molecule has 1 aliphatic carbocycles. The maximum Gasteiger partial charge on any atom is 0.312 e. The van der Waals surface area contributed by atoms with Crippen LogP contribution in [0.4, 0.5) is 4.39 Å². The minimum absolute atomic E-state index is 0.0302. The molecule has 0 bridgehead atoms. The van der Waals surface area contributed by atoms with Gasteiger partial charge in [-0.2, -0.15) is 0 Å². The quantitative estimate of drug-likeness (QED) is 0.864. The Bertz CT molecular complexity index is 818. The summed E-state index contributed by atoms with van der Waals surface area (Å²) in [5, 5.41) is 12.3. The second-order valence-corrected chi connectivity index (χ2v) is 7.00. The number of amides is 1. The molecule has 0 fully saturated rings. The van der Waals surface area contributed by atoms with Crippen molar-refractivity contribution < 1.29 is 19.1 Å². The van der Waals surface area contributed by atoms with Gasteiger partial charge in [0, 0.05) is 6.54 Å². The molecule has 0 saturated heterocycles. The Balaban J connectivity index is 1.77. The van der Waals surface area contributed by atoms with Gasteiger partial charge in [-0.3, -0.25) is 9.59 Å². The number of aryl methyl sites for hydroxylation is 1. The van der Waals surface area contributed by atoms with Crippen molar-refractivity contribution in [1.29, 1.82) is 0 Å². The zero-order chi connectivity index (χ0) is 18.7. The monoisotopic (exact) mass is 355 g/mol. The predicted octanol–water partition coefficient (Wildman–Crippen LogP) is 3.40. The number of hydrogen-bond acceptors (Lipinski definition) is 2. The van der Waals surface area contributed by atoms with Gasteiger partial charge in [0.15, 0.2) is 0 Å². The van der Waals surface area contributed by atoms with E-state index >= 15 is 0 Å². The lowest BCUT2D eigenvalue weighted by atomic mass is 9.70. The molecule has 26 heavy (non-hydrogen) atoms. The molecular formula is C21H22FNO3. The van der Waals surface area contributed by atoms with Crippen molar-refractivity contribution in [2.45, 2.75) is 37.5 Å². The summed E-state index contributed by atoms with van der Waals surface area (Å²) >= 11 is 0. The fraction of sp³-hybridized carbons (Fsp3) is 0.333. The highest BCUT2D eigenvalue weighted by Gasteiger charge is 2.39. The van der Waals surface area contributed by atoms with Crippen molar-refractivity contribution in [2.24, 2.45) is 0 Å². The lowest BCUT2D eigenvalue weighted by Gasteiger charge is -2.35. The summed E-state index contributed by atoms with van der Waals surface area (Å²) in [6.45, 7) is 1.88. The molecule has 0 saturated carbocycles. The van der Waals surface area contributed by atoms with Crippen molar-refractivity contribution in [3.8, 4) is 0 Å². The first-order chi connectivity index (χ1) is 12.4. The molecule has 0 heterocycles. The van der Waals surface area contributed by atoms with E-state index in [1.165, 1.54) is 29.8 Å². The molecule has 1 amide bonds. The first-order valence-corrected chi connectivity index (χ1v) is 8.77. The molecule has 5 heteroatoms. The lowest BCUT2D eigenvalue weighted by Crippen LogP contribution is -2.46. The van der Waals surface area contributed by atoms with Gasteiger partial charge in [0.25, 0.3) is 0 Å². The molecule has 0 aliphatic heterocycles. The number of carboxylic acid groups (broad SMARTS) is 1. The van der Waals surface area contributed by atoms with Crippen molar-refractivity contribution in [3.05, 3.63) is 71.0 Å². The fourth-order valence-corrected chi connectivity index (χ4v) is 3.71. The highest BCUT2D eigenvalue weighted by atomic mass is 19.1. The van der Waals surface area contributed by atoms with Crippen LogP contribution in [-0.4, -0.2) is 23.5 Å². The normalized spacial score (nSPS) is 20.1. The predicted molar refractivity (Wildman–Crippen MR) is 96.5 cm³/mol. The van der Waals surface area contributed by atoms with E-state index in [0.717, 1.165) is 24.8 Å². The molecule has 2 aromatic rings. The molecule has 0 spiro atoms. The lowest BCUT2D eigenvalue weighted by molar-refractivity contribution is -0.138. The van der Waals surface area contributed by atoms with E-state index in [4.69, 9.17) is 0 Å². The van der Waals surface area contributed by atoms with Gasteiger partial charge in [0.1, 0.15) is 5.82 Å².